The van der Waals surface area contributed by atoms with E-state index < -0.39 is 0 Å². The molecule has 0 N–H and O–H groups in total. The molecule has 23 heavy (non-hydrogen) atoms. The predicted molar refractivity (Wildman–Crippen MR) is 100 cm³/mol. The minimum Gasteiger partial charge on any atom is -0.306 e. The summed E-state index contributed by atoms with van der Waals surface area (Å²) in [5.74, 6) is 0.674. The van der Waals surface area contributed by atoms with E-state index in [-0.39, 0.29) is 0 Å². The van der Waals surface area contributed by atoms with Crippen LogP contribution in [-0.4, -0.2) is 30.0 Å². The standard InChI is InChI=1S/C18H22Cl2N2S/c1-3-16-18(12-6-8-22(2)9-7-12)23-17(21-16)10-13-4-5-14(19)11-15(13)20/h4-5,11-12H,3,6-10H2,1-2H3. The van der Waals surface area contributed by atoms with Crippen LogP contribution in [0.5, 0.6) is 0 Å². The van der Waals surface area contributed by atoms with E-state index in [0.717, 1.165) is 23.4 Å². The zero-order valence-electron chi connectivity index (χ0n) is 13.6. The van der Waals surface area contributed by atoms with Crippen molar-refractivity contribution < 1.29 is 0 Å². The topological polar surface area (TPSA) is 16.1 Å². The van der Waals surface area contributed by atoms with Gasteiger partial charge in [-0.25, -0.2) is 4.98 Å². The fraction of sp³-hybridized carbons (Fsp3) is 0.500. The number of hydrogen-bond donors (Lipinski definition) is 0. The van der Waals surface area contributed by atoms with Gasteiger partial charge in [0.15, 0.2) is 0 Å². The molecule has 2 nitrogen and oxygen atoms in total. The molecule has 0 saturated carbocycles. The van der Waals surface area contributed by atoms with Crippen molar-refractivity contribution in [1.82, 2.24) is 9.88 Å². The van der Waals surface area contributed by atoms with Crippen LogP contribution in [0.3, 0.4) is 0 Å². The lowest BCUT2D eigenvalue weighted by Crippen LogP contribution is -2.29. The Labute approximate surface area is 152 Å². The summed E-state index contributed by atoms with van der Waals surface area (Å²) in [5, 5.41) is 2.57. The van der Waals surface area contributed by atoms with Gasteiger partial charge in [0, 0.05) is 21.3 Å². The molecule has 1 aromatic heterocycles. The number of aromatic nitrogens is 1. The SMILES string of the molecule is CCc1nc(Cc2ccc(Cl)cc2Cl)sc1C1CCN(C)CC1. The van der Waals surface area contributed by atoms with E-state index in [9.17, 15) is 0 Å². The second-order valence-corrected chi connectivity index (χ2v) is 8.22. The lowest BCUT2D eigenvalue weighted by molar-refractivity contribution is 0.256. The van der Waals surface area contributed by atoms with E-state index >= 15 is 0 Å². The molecule has 1 aliphatic rings. The van der Waals surface area contributed by atoms with Gasteiger partial charge in [0.25, 0.3) is 0 Å². The molecule has 0 atom stereocenters. The molecule has 0 aliphatic carbocycles. The Morgan fingerprint density at radius 3 is 2.65 bits per heavy atom. The summed E-state index contributed by atoms with van der Waals surface area (Å²) < 4.78 is 0. The molecule has 1 fully saturated rings. The fourth-order valence-corrected chi connectivity index (χ4v) is 4.98. The van der Waals surface area contributed by atoms with Crippen molar-refractivity contribution in [3.63, 3.8) is 0 Å². The summed E-state index contributed by atoms with van der Waals surface area (Å²) >= 11 is 14.2. The third kappa shape index (κ3) is 4.08. The van der Waals surface area contributed by atoms with Crippen LogP contribution in [0.15, 0.2) is 18.2 Å². The van der Waals surface area contributed by atoms with Gasteiger partial charge in [0.2, 0.25) is 0 Å². The molecular weight excluding hydrogens is 347 g/mol. The van der Waals surface area contributed by atoms with Crippen molar-refractivity contribution in [2.75, 3.05) is 20.1 Å². The van der Waals surface area contributed by atoms with Crippen molar-refractivity contribution in [2.24, 2.45) is 0 Å². The summed E-state index contributed by atoms with van der Waals surface area (Å²) in [5.41, 5.74) is 2.38. The molecule has 1 aromatic carbocycles. The van der Waals surface area contributed by atoms with Crippen LogP contribution in [0, 0.1) is 0 Å². The average molecular weight is 369 g/mol. The molecule has 3 rings (SSSR count). The average Bonchev–Trinajstić information content (AvgIpc) is 2.94. The normalized spacial score (nSPS) is 16.9. The molecule has 1 aliphatic heterocycles. The Morgan fingerprint density at radius 2 is 2.00 bits per heavy atom. The Morgan fingerprint density at radius 1 is 1.26 bits per heavy atom. The highest BCUT2D eigenvalue weighted by atomic mass is 35.5. The highest BCUT2D eigenvalue weighted by Crippen LogP contribution is 2.36. The van der Waals surface area contributed by atoms with Crippen LogP contribution < -0.4 is 0 Å². The van der Waals surface area contributed by atoms with E-state index in [2.05, 4.69) is 18.9 Å². The van der Waals surface area contributed by atoms with Gasteiger partial charge in [-0.3, -0.25) is 0 Å². The zero-order valence-corrected chi connectivity index (χ0v) is 15.9. The van der Waals surface area contributed by atoms with Crippen molar-refractivity contribution in [2.45, 2.75) is 38.5 Å². The van der Waals surface area contributed by atoms with Crippen molar-refractivity contribution in [3.05, 3.63) is 49.4 Å². The molecule has 0 bridgehead atoms. The maximum Gasteiger partial charge on any atom is 0.0975 e. The number of thiazole rings is 1. The van der Waals surface area contributed by atoms with Gasteiger partial charge in [-0.05, 0) is 63.0 Å². The molecule has 5 heteroatoms. The molecule has 2 heterocycles. The van der Waals surface area contributed by atoms with Gasteiger partial charge in [-0.15, -0.1) is 11.3 Å². The van der Waals surface area contributed by atoms with Gasteiger partial charge >= 0.3 is 0 Å². The largest absolute Gasteiger partial charge is 0.306 e. The molecule has 0 unspecified atom stereocenters. The molecule has 0 amide bonds. The maximum absolute atomic E-state index is 6.31. The van der Waals surface area contributed by atoms with Crippen LogP contribution in [0.2, 0.25) is 10.0 Å². The minimum atomic E-state index is 0.674. The lowest BCUT2D eigenvalue weighted by atomic mass is 9.94. The number of piperidine rings is 1. The summed E-state index contributed by atoms with van der Waals surface area (Å²) in [6.45, 7) is 4.57. The molecule has 1 saturated heterocycles. The van der Waals surface area contributed by atoms with E-state index in [4.69, 9.17) is 28.2 Å². The van der Waals surface area contributed by atoms with Crippen LogP contribution in [-0.2, 0) is 12.8 Å². The van der Waals surface area contributed by atoms with E-state index in [0.29, 0.717) is 10.9 Å². The number of aryl methyl sites for hydroxylation is 1. The van der Waals surface area contributed by atoms with E-state index in [1.165, 1.54) is 41.5 Å². The van der Waals surface area contributed by atoms with E-state index in [1.807, 2.05) is 29.5 Å². The van der Waals surface area contributed by atoms with Crippen molar-refractivity contribution in [1.29, 1.82) is 0 Å². The second-order valence-electron chi connectivity index (χ2n) is 6.26. The minimum absolute atomic E-state index is 0.674. The number of hydrogen-bond acceptors (Lipinski definition) is 3. The summed E-state index contributed by atoms with van der Waals surface area (Å²) in [4.78, 5) is 8.81. The van der Waals surface area contributed by atoms with Gasteiger partial charge in [-0.2, -0.15) is 0 Å². The summed E-state index contributed by atoms with van der Waals surface area (Å²) in [7, 11) is 2.21. The molecule has 124 valence electrons. The first kappa shape index (κ1) is 17.2. The quantitative estimate of drug-likeness (QED) is 0.716. The van der Waals surface area contributed by atoms with Crippen molar-refractivity contribution in [3.8, 4) is 0 Å². The third-order valence-corrected chi connectivity index (χ3v) is 6.40. The Bertz CT molecular complexity index is 676. The van der Waals surface area contributed by atoms with Crippen LogP contribution in [0.25, 0.3) is 0 Å². The summed E-state index contributed by atoms with van der Waals surface area (Å²) in [6.07, 6.45) is 4.28. The first-order valence-corrected chi connectivity index (χ1v) is 9.75. The van der Waals surface area contributed by atoms with Gasteiger partial charge in [0.1, 0.15) is 0 Å². The van der Waals surface area contributed by atoms with Gasteiger partial charge in [-0.1, -0.05) is 36.2 Å². The van der Waals surface area contributed by atoms with Crippen molar-refractivity contribution >= 4 is 34.5 Å². The molecule has 2 aromatic rings. The zero-order chi connectivity index (χ0) is 16.4. The monoisotopic (exact) mass is 368 g/mol. The Kier molecular flexibility index (Phi) is 5.63. The third-order valence-electron chi connectivity index (χ3n) is 4.55. The molecular formula is C18H22Cl2N2S. The van der Waals surface area contributed by atoms with Crippen LogP contribution >= 0.6 is 34.5 Å². The smallest absolute Gasteiger partial charge is 0.0975 e. The Hall–Kier alpha value is -0.610. The molecule has 0 spiro atoms. The number of nitrogens with zero attached hydrogens (tertiary/aromatic N) is 2. The van der Waals surface area contributed by atoms with E-state index in [1.54, 1.807) is 0 Å². The second kappa shape index (κ2) is 7.52. The number of halogens is 2. The van der Waals surface area contributed by atoms with Crippen LogP contribution in [0.1, 0.15) is 46.8 Å². The summed E-state index contributed by atoms with van der Waals surface area (Å²) in [6, 6.07) is 5.71. The number of rotatable bonds is 4. The van der Waals surface area contributed by atoms with Gasteiger partial charge in [0.05, 0.1) is 10.7 Å². The lowest BCUT2D eigenvalue weighted by Gasteiger charge is -2.28. The number of likely N-dealkylation sites (tertiary alicyclic amines) is 1. The Balaban J connectivity index is 1.81. The fourth-order valence-electron chi connectivity index (χ4n) is 3.16. The predicted octanol–water partition coefficient (Wildman–Crippen LogP) is 5.41. The highest BCUT2D eigenvalue weighted by Gasteiger charge is 2.23. The highest BCUT2D eigenvalue weighted by molar-refractivity contribution is 7.11. The maximum atomic E-state index is 6.31. The number of benzene rings is 1. The first-order valence-electron chi connectivity index (χ1n) is 8.17. The van der Waals surface area contributed by atoms with Gasteiger partial charge < -0.3 is 4.90 Å². The molecule has 0 radical (unpaired) electrons. The first-order chi connectivity index (χ1) is 11.1. The van der Waals surface area contributed by atoms with Crippen LogP contribution in [0.4, 0.5) is 0 Å².